The normalized spacial score (nSPS) is 11.9. The molecule has 1 atom stereocenters. The third-order valence-electron chi connectivity index (χ3n) is 3.32. The smallest absolute Gasteiger partial charge is 0.266 e. The Balaban J connectivity index is 2.12. The molecule has 0 bridgehead atoms. The third kappa shape index (κ3) is 3.98. The van der Waals surface area contributed by atoms with Gasteiger partial charge in [-0.1, -0.05) is 6.07 Å². The van der Waals surface area contributed by atoms with Crippen molar-refractivity contribution < 1.29 is 14.3 Å². The molecule has 2 rings (SSSR count). The van der Waals surface area contributed by atoms with Gasteiger partial charge in [0.05, 0.1) is 16.2 Å². The number of carbonyl (C=O) groups is 2. The number of aromatic nitrogens is 2. The summed E-state index contributed by atoms with van der Waals surface area (Å²) in [5.41, 5.74) is 1.45. The summed E-state index contributed by atoms with van der Waals surface area (Å²) in [5, 5.41) is 6.68. The summed E-state index contributed by atoms with van der Waals surface area (Å²) in [6, 6.07) is 5.61. The molecule has 2 aromatic rings. The second-order valence-corrected chi connectivity index (χ2v) is 6.12. The van der Waals surface area contributed by atoms with Crippen molar-refractivity contribution >= 4 is 33.4 Å². The van der Waals surface area contributed by atoms with Gasteiger partial charge in [-0.3, -0.25) is 14.3 Å². The monoisotopic (exact) mass is 379 g/mol. The van der Waals surface area contributed by atoms with Crippen molar-refractivity contribution in [1.29, 1.82) is 0 Å². The summed E-state index contributed by atoms with van der Waals surface area (Å²) < 4.78 is 7.90. The molecular weight excluding hydrogens is 362 g/mol. The minimum Gasteiger partial charge on any atom is -0.480 e. The van der Waals surface area contributed by atoms with Gasteiger partial charge in [0.2, 0.25) is 0 Å². The molecule has 0 aliphatic carbocycles. The van der Waals surface area contributed by atoms with E-state index in [9.17, 15) is 9.59 Å². The number of rotatable bonds is 5. The minimum absolute atomic E-state index is 0.164. The van der Waals surface area contributed by atoms with E-state index in [4.69, 9.17) is 4.74 Å². The van der Waals surface area contributed by atoms with Crippen LogP contribution in [-0.4, -0.2) is 27.6 Å². The molecule has 6 nitrogen and oxygen atoms in total. The highest BCUT2D eigenvalue weighted by Gasteiger charge is 2.20. The van der Waals surface area contributed by atoms with Crippen LogP contribution in [0.3, 0.4) is 0 Å². The molecule has 7 heteroatoms. The highest BCUT2D eigenvalue weighted by atomic mass is 79.9. The fourth-order valence-corrected chi connectivity index (χ4v) is 2.59. The van der Waals surface area contributed by atoms with E-state index in [0.29, 0.717) is 17.1 Å². The molecule has 0 spiro atoms. The van der Waals surface area contributed by atoms with Gasteiger partial charge >= 0.3 is 0 Å². The largest absolute Gasteiger partial charge is 0.480 e. The number of nitrogens with zero attached hydrogens (tertiary/aromatic N) is 2. The molecule has 0 aliphatic rings. The summed E-state index contributed by atoms with van der Waals surface area (Å²) in [6.45, 7) is 5.04. The van der Waals surface area contributed by atoms with Crippen molar-refractivity contribution in [2.45, 2.75) is 26.9 Å². The van der Waals surface area contributed by atoms with Gasteiger partial charge in [0.1, 0.15) is 11.6 Å². The molecule has 122 valence electrons. The SMILES string of the molecule is CC(=O)c1cnn(C)c1NC(=O)[C@@H](C)Oc1ccc(C)cc1Br. The van der Waals surface area contributed by atoms with Crippen LogP contribution in [0.25, 0.3) is 0 Å². The Morgan fingerprint density at radius 1 is 1.39 bits per heavy atom. The van der Waals surface area contributed by atoms with Crippen molar-refractivity contribution in [3.63, 3.8) is 0 Å². The van der Waals surface area contributed by atoms with Gasteiger partial charge in [0.15, 0.2) is 11.9 Å². The van der Waals surface area contributed by atoms with Gasteiger partial charge in [-0.2, -0.15) is 5.10 Å². The molecule has 23 heavy (non-hydrogen) atoms. The van der Waals surface area contributed by atoms with Gasteiger partial charge in [-0.05, 0) is 54.4 Å². The Bertz CT molecular complexity index is 755. The lowest BCUT2D eigenvalue weighted by molar-refractivity contribution is -0.122. The number of ketones is 1. The molecule has 1 aromatic heterocycles. The molecule has 0 fully saturated rings. The summed E-state index contributed by atoms with van der Waals surface area (Å²) in [4.78, 5) is 23.9. The van der Waals surface area contributed by atoms with E-state index in [-0.39, 0.29) is 11.7 Å². The summed E-state index contributed by atoms with van der Waals surface area (Å²) in [6.07, 6.45) is 0.698. The molecule has 0 saturated heterocycles. The predicted octanol–water partition coefficient (Wildman–Crippen LogP) is 3.10. The van der Waals surface area contributed by atoms with Crippen molar-refractivity contribution in [1.82, 2.24) is 9.78 Å². The fourth-order valence-electron chi connectivity index (χ4n) is 2.01. The number of halogens is 1. The van der Waals surface area contributed by atoms with Crippen molar-refractivity contribution in [2.75, 3.05) is 5.32 Å². The van der Waals surface area contributed by atoms with Gasteiger partial charge < -0.3 is 10.1 Å². The Morgan fingerprint density at radius 3 is 2.70 bits per heavy atom. The minimum atomic E-state index is -0.733. The number of carbonyl (C=O) groups excluding carboxylic acids is 2. The van der Waals surface area contributed by atoms with E-state index in [0.717, 1.165) is 10.0 Å². The van der Waals surface area contributed by atoms with Crippen molar-refractivity contribution in [3.8, 4) is 5.75 Å². The fraction of sp³-hybridized carbons (Fsp3) is 0.312. The Kier molecular flexibility index (Phi) is 5.20. The molecular formula is C16H18BrN3O3. The lowest BCUT2D eigenvalue weighted by atomic mass is 10.2. The Hall–Kier alpha value is -2.15. The number of amides is 1. The maximum absolute atomic E-state index is 12.3. The topological polar surface area (TPSA) is 73.2 Å². The van der Waals surface area contributed by atoms with Gasteiger partial charge in [0.25, 0.3) is 5.91 Å². The number of hydrogen-bond donors (Lipinski definition) is 1. The predicted molar refractivity (Wildman–Crippen MR) is 90.8 cm³/mol. The Labute approximate surface area is 143 Å². The molecule has 1 amide bonds. The number of ether oxygens (including phenoxy) is 1. The maximum Gasteiger partial charge on any atom is 0.266 e. The lowest BCUT2D eigenvalue weighted by Gasteiger charge is -2.16. The van der Waals surface area contributed by atoms with E-state index in [1.807, 2.05) is 19.1 Å². The van der Waals surface area contributed by atoms with Gasteiger partial charge in [-0.15, -0.1) is 0 Å². The van der Waals surface area contributed by atoms with Crippen LogP contribution in [0, 0.1) is 6.92 Å². The first-order chi connectivity index (χ1) is 10.8. The molecule has 0 radical (unpaired) electrons. The highest BCUT2D eigenvalue weighted by molar-refractivity contribution is 9.10. The zero-order chi connectivity index (χ0) is 17.1. The second kappa shape index (κ2) is 6.95. The van der Waals surface area contributed by atoms with Crippen molar-refractivity contribution in [3.05, 3.63) is 40.0 Å². The molecule has 0 aliphatic heterocycles. The van der Waals surface area contributed by atoms with E-state index >= 15 is 0 Å². The number of hydrogen-bond acceptors (Lipinski definition) is 4. The third-order valence-corrected chi connectivity index (χ3v) is 3.94. The van der Waals surface area contributed by atoms with Crippen LogP contribution in [-0.2, 0) is 11.8 Å². The summed E-state index contributed by atoms with van der Waals surface area (Å²) in [5.74, 6) is 0.419. The quantitative estimate of drug-likeness (QED) is 0.810. The zero-order valence-corrected chi connectivity index (χ0v) is 15.0. The first kappa shape index (κ1) is 17.2. The van der Waals surface area contributed by atoms with E-state index in [2.05, 4.69) is 26.3 Å². The van der Waals surface area contributed by atoms with Crippen molar-refractivity contribution in [2.24, 2.45) is 7.05 Å². The van der Waals surface area contributed by atoms with Gasteiger partial charge in [0, 0.05) is 7.05 Å². The van der Waals surface area contributed by atoms with E-state index < -0.39 is 6.10 Å². The van der Waals surface area contributed by atoms with Crippen LogP contribution in [0.1, 0.15) is 29.8 Å². The number of nitrogens with one attached hydrogen (secondary N) is 1. The maximum atomic E-state index is 12.3. The number of Topliss-reactive ketones (excluding diaryl/α,β-unsaturated/α-hetero) is 1. The molecule has 1 heterocycles. The molecule has 0 unspecified atom stereocenters. The van der Waals surface area contributed by atoms with Crippen LogP contribution < -0.4 is 10.1 Å². The average molecular weight is 380 g/mol. The molecule has 0 saturated carbocycles. The summed E-state index contributed by atoms with van der Waals surface area (Å²) >= 11 is 3.41. The van der Waals surface area contributed by atoms with E-state index in [1.165, 1.54) is 17.8 Å². The number of benzene rings is 1. The van der Waals surface area contributed by atoms with Crippen LogP contribution in [0.2, 0.25) is 0 Å². The standard InChI is InChI=1S/C16H18BrN3O3/c1-9-5-6-14(13(17)7-9)23-11(3)16(22)19-15-12(10(2)21)8-18-20(15)4/h5-8,11H,1-4H3,(H,19,22)/t11-/m1/s1. The van der Waals surface area contributed by atoms with E-state index in [1.54, 1.807) is 20.0 Å². The van der Waals surface area contributed by atoms with Crippen LogP contribution in [0.4, 0.5) is 5.82 Å². The van der Waals surface area contributed by atoms with Crippen LogP contribution in [0.15, 0.2) is 28.9 Å². The summed E-state index contributed by atoms with van der Waals surface area (Å²) in [7, 11) is 1.66. The Morgan fingerprint density at radius 2 is 2.09 bits per heavy atom. The van der Waals surface area contributed by atoms with Crippen LogP contribution >= 0.6 is 15.9 Å². The zero-order valence-electron chi connectivity index (χ0n) is 13.4. The first-order valence-corrected chi connectivity index (χ1v) is 7.85. The number of anilines is 1. The molecule has 1 N–H and O–H groups in total. The first-order valence-electron chi connectivity index (χ1n) is 7.06. The van der Waals surface area contributed by atoms with Crippen LogP contribution in [0.5, 0.6) is 5.75 Å². The van der Waals surface area contributed by atoms with Gasteiger partial charge in [-0.25, -0.2) is 0 Å². The lowest BCUT2D eigenvalue weighted by Crippen LogP contribution is -2.31. The second-order valence-electron chi connectivity index (χ2n) is 5.27. The molecule has 1 aromatic carbocycles. The highest BCUT2D eigenvalue weighted by Crippen LogP contribution is 2.27. The number of aryl methyl sites for hydroxylation is 2. The average Bonchev–Trinajstić information content (AvgIpc) is 2.83.